The third-order valence-corrected chi connectivity index (χ3v) is 3.42. The molecule has 1 rings (SSSR count). The van der Waals surface area contributed by atoms with Gasteiger partial charge in [-0.3, -0.25) is 10.1 Å². The molecule has 0 fully saturated rings. The van der Waals surface area contributed by atoms with Crippen molar-refractivity contribution < 1.29 is 19.9 Å². The Bertz CT molecular complexity index is 482. The van der Waals surface area contributed by atoms with Crippen LogP contribution in [0.25, 0.3) is 0 Å². The molecule has 2 atom stereocenters. The Morgan fingerprint density at radius 2 is 2.00 bits per heavy atom. The van der Waals surface area contributed by atoms with Crippen LogP contribution < -0.4 is 4.74 Å². The lowest BCUT2D eigenvalue weighted by Gasteiger charge is -2.28. The second kappa shape index (κ2) is 6.19. The van der Waals surface area contributed by atoms with Crippen molar-refractivity contribution in [3.8, 4) is 5.75 Å². The van der Waals surface area contributed by atoms with Crippen molar-refractivity contribution in [2.75, 3.05) is 6.61 Å². The van der Waals surface area contributed by atoms with Crippen LogP contribution in [0.1, 0.15) is 39.4 Å². The molecule has 1 aromatic carbocycles. The summed E-state index contributed by atoms with van der Waals surface area (Å²) < 4.78 is 5.53. The average molecular weight is 283 g/mol. The van der Waals surface area contributed by atoms with Gasteiger partial charge in [-0.05, 0) is 25.8 Å². The van der Waals surface area contributed by atoms with E-state index in [0.29, 0.717) is 11.3 Å². The number of nitro benzene ring substituents is 1. The van der Waals surface area contributed by atoms with Crippen LogP contribution in [-0.2, 0) is 0 Å². The molecule has 112 valence electrons. The first-order chi connectivity index (χ1) is 9.15. The highest BCUT2D eigenvalue weighted by Gasteiger charge is 2.26. The largest absolute Gasteiger partial charge is 0.490 e. The molecule has 0 saturated carbocycles. The highest BCUT2D eigenvalue weighted by atomic mass is 16.6. The zero-order valence-electron chi connectivity index (χ0n) is 12.2. The van der Waals surface area contributed by atoms with Crippen molar-refractivity contribution in [1.29, 1.82) is 0 Å². The molecule has 2 unspecified atom stereocenters. The maximum atomic E-state index is 10.7. The predicted octanol–water partition coefficient (Wildman–Crippen LogP) is 2.43. The van der Waals surface area contributed by atoms with E-state index in [0.717, 1.165) is 0 Å². The standard InChI is InChI=1S/C14H21NO5/c1-9(2)14(4,17)8-20-13-6-5-11(15(18)19)7-12(13)10(3)16/h5-7,9-10,16-17H,8H2,1-4H3. The molecule has 0 aliphatic heterocycles. The van der Waals surface area contributed by atoms with E-state index < -0.39 is 16.6 Å². The molecule has 2 N–H and O–H groups in total. The van der Waals surface area contributed by atoms with E-state index in [1.54, 1.807) is 6.92 Å². The minimum Gasteiger partial charge on any atom is -0.490 e. The van der Waals surface area contributed by atoms with E-state index in [-0.39, 0.29) is 18.2 Å². The first-order valence-electron chi connectivity index (χ1n) is 6.46. The molecule has 20 heavy (non-hydrogen) atoms. The van der Waals surface area contributed by atoms with Crippen LogP contribution in [0.5, 0.6) is 5.75 Å². The quantitative estimate of drug-likeness (QED) is 0.618. The minimum atomic E-state index is -1.02. The third-order valence-electron chi connectivity index (χ3n) is 3.42. The van der Waals surface area contributed by atoms with Crippen molar-refractivity contribution in [2.45, 2.75) is 39.4 Å². The summed E-state index contributed by atoms with van der Waals surface area (Å²) in [6.45, 7) is 6.95. The van der Waals surface area contributed by atoms with Crippen molar-refractivity contribution in [3.05, 3.63) is 33.9 Å². The van der Waals surface area contributed by atoms with E-state index in [2.05, 4.69) is 0 Å². The molecule has 0 bridgehead atoms. The zero-order chi connectivity index (χ0) is 15.5. The van der Waals surface area contributed by atoms with Gasteiger partial charge in [-0.25, -0.2) is 0 Å². The second-order valence-electron chi connectivity index (χ2n) is 5.46. The molecular formula is C14H21NO5. The second-order valence-corrected chi connectivity index (χ2v) is 5.46. The number of nitro groups is 1. The molecule has 0 heterocycles. The number of rotatable bonds is 6. The summed E-state index contributed by atoms with van der Waals surface area (Å²) in [5.41, 5.74) is -0.791. The van der Waals surface area contributed by atoms with E-state index in [4.69, 9.17) is 4.74 Å². The summed E-state index contributed by atoms with van der Waals surface area (Å²) in [4.78, 5) is 10.2. The van der Waals surface area contributed by atoms with Gasteiger partial charge in [-0.1, -0.05) is 13.8 Å². The molecule has 6 nitrogen and oxygen atoms in total. The Morgan fingerprint density at radius 1 is 1.40 bits per heavy atom. The number of ether oxygens (including phenoxy) is 1. The Morgan fingerprint density at radius 3 is 2.45 bits per heavy atom. The maximum absolute atomic E-state index is 10.7. The summed E-state index contributed by atoms with van der Waals surface area (Å²) >= 11 is 0. The molecule has 0 spiro atoms. The third kappa shape index (κ3) is 3.91. The van der Waals surface area contributed by atoms with Gasteiger partial charge in [0.1, 0.15) is 12.4 Å². The van der Waals surface area contributed by atoms with Gasteiger partial charge in [0.25, 0.3) is 5.69 Å². The highest BCUT2D eigenvalue weighted by molar-refractivity contribution is 5.44. The van der Waals surface area contributed by atoms with Crippen LogP contribution in [0, 0.1) is 16.0 Å². The number of aliphatic hydroxyl groups is 2. The van der Waals surface area contributed by atoms with E-state index in [9.17, 15) is 20.3 Å². The van der Waals surface area contributed by atoms with Gasteiger partial charge >= 0.3 is 0 Å². The SMILES string of the molecule is CC(O)c1cc([N+](=O)[O-])ccc1OCC(C)(O)C(C)C. The number of benzene rings is 1. The fourth-order valence-corrected chi connectivity index (χ4v) is 1.50. The highest BCUT2D eigenvalue weighted by Crippen LogP contribution is 2.30. The molecular weight excluding hydrogens is 262 g/mol. The van der Waals surface area contributed by atoms with Crippen LogP contribution in [0.15, 0.2) is 18.2 Å². The van der Waals surface area contributed by atoms with Crippen LogP contribution in [-0.4, -0.2) is 27.3 Å². The molecule has 6 heteroatoms. The smallest absolute Gasteiger partial charge is 0.270 e. The molecule has 0 aliphatic carbocycles. The molecule has 0 aromatic heterocycles. The number of aliphatic hydroxyl groups excluding tert-OH is 1. The van der Waals surface area contributed by atoms with Crippen molar-refractivity contribution >= 4 is 5.69 Å². The van der Waals surface area contributed by atoms with E-state index in [1.165, 1.54) is 25.1 Å². The minimum absolute atomic E-state index is 0.00412. The predicted molar refractivity (Wildman–Crippen MR) is 74.7 cm³/mol. The zero-order valence-corrected chi connectivity index (χ0v) is 12.2. The number of non-ortho nitro benzene ring substituents is 1. The summed E-state index contributed by atoms with van der Waals surface area (Å²) in [6, 6.07) is 4.03. The van der Waals surface area contributed by atoms with Crippen LogP contribution in [0.4, 0.5) is 5.69 Å². The topological polar surface area (TPSA) is 92.8 Å². The van der Waals surface area contributed by atoms with Crippen molar-refractivity contribution in [2.24, 2.45) is 5.92 Å². The van der Waals surface area contributed by atoms with E-state index in [1.807, 2.05) is 13.8 Å². The van der Waals surface area contributed by atoms with Gasteiger partial charge in [0.2, 0.25) is 0 Å². The van der Waals surface area contributed by atoms with Gasteiger partial charge in [0.15, 0.2) is 0 Å². The van der Waals surface area contributed by atoms with Gasteiger partial charge < -0.3 is 14.9 Å². The molecule has 0 amide bonds. The Kier molecular flexibility index (Phi) is 5.08. The number of nitrogens with zero attached hydrogens (tertiary/aromatic N) is 1. The van der Waals surface area contributed by atoms with Crippen LogP contribution in [0.2, 0.25) is 0 Å². The Balaban J connectivity index is 2.98. The summed E-state index contributed by atoms with van der Waals surface area (Å²) in [7, 11) is 0. The number of hydrogen-bond acceptors (Lipinski definition) is 5. The summed E-state index contributed by atoms with van der Waals surface area (Å²) in [5, 5.41) is 30.6. The summed E-state index contributed by atoms with van der Waals surface area (Å²) in [5.74, 6) is 0.335. The lowest BCUT2D eigenvalue weighted by molar-refractivity contribution is -0.385. The Hall–Kier alpha value is -1.66. The van der Waals surface area contributed by atoms with E-state index >= 15 is 0 Å². The maximum Gasteiger partial charge on any atom is 0.270 e. The fourth-order valence-electron chi connectivity index (χ4n) is 1.50. The molecule has 0 radical (unpaired) electrons. The van der Waals surface area contributed by atoms with Crippen LogP contribution >= 0.6 is 0 Å². The lowest BCUT2D eigenvalue weighted by atomic mass is 9.94. The molecule has 0 aliphatic rings. The Labute approximate surface area is 118 Å². The lowest BCUT2D eigenvalue weighted by Crippen LogP contribution is -2.38. The van der Waals surface area contributed by atoms with Gasteiger partial charge in [0, 0.05) is 17.7 Å². The van der Waals surface area contributed by atoms with Gasteiger partial charge in [-0.2, -0.15) is 0 Å². The molecule has 1 aromatic rings. The first-order valence-corrected chi connectivity index (χ1v) is 6.46. The van der Waals surface area contributed by atoms with Crippen molar-refractivity contribution in [1.82, 2.24) is 0 Å². The fraction of sp³-hybridized carbons (Fsp3) is 0.571. The number of hydrogen-bond donors (Lipinski definition) is 2. The first kappa shape index (κ1) is 16.4. The summed E-state index contributed by atoms with van der Waals surface area (Å²) in [6.07, 6.45) is -0.895. The normalized spacial score (nSPS) is 15.8. The van der Waals surface area contributed by atoms with Gasteiger partial charge in [-0.15, -0.1) is 0 Å². The molecule has 0 saturated heterocycles. The monoisotopic (exact) mass is 283 g/mol. The van der Waals surface area contributed by atoms with Crippen LogP contribution in [0.3, 0.4) is 0 Å². The van der Waals surface area contributed by atoms with Crippen molar-refractivity contribution in [3.63, 3.8) is 0 Å². The average Bonchev–Trinajstić information content (AvgIpc) is 2.35. The van der Waals surface area contributed by atoms with Gasteiger partial charge in [0.05, 0.1) is 16.6 Å².